The van der Waals surface area contributed by atoms with Crippen LogP contribution in [-0.2, 0) is 20.7 Å². The van der Waals surface area contributed by atoms with Crippen molar-refractivity contribution >= 4 is 12.1 Å². The van der Waals surface area contributed by atoms with Gasteiger partial charge in [-0.3, -0.25) is 0 Å². The van der Waals surface area contributed by atoms with E-state index in [1.807, 2.05) is 30.3 Å². The van der Waals surface area contributed by atoms with Gasteiger partial charge in [0.05, 0.1) is 19.3 Å². The van der Waals surface area contributed by atoms with Crippen molar-refractivity contribution in [3.8, 4) is 0 Å². The zero-order chi connectivity index (χ0) is 19.5. The lowest BCUT2D eigenvalue weighted by Crippen LogP contribution is -2.46. The van der Waals surface area contributed by atoms with Crippen molar-refractivity contribution in [3.63, 3.8) is 0 Å². The number of benzene rings is 1. The summed E-state index contributed by atoms with van der Waals surface area (Å²) in [7, 11) is 0. The van der Waals surface area contributed by atoms with E-state index in [0.717, 1.165) is 12.0 Å². The van der Waals surface area contributed by atoms with E-state index in [1.54, 1.807) is 17.1 Å². The Bertz CT molecular complexity index is 618. The summed E-state index contributed by atoms with van der Waals surface area (Å²) >= 11 is 0. The van der Waals surface area contributed by atoms with E-state index in [4.69, 9.17) is 14.6 Å². The van der Waals surface area contributed by atoms with E-state index in [0.29, 0.717) is 32.4 Å². The third kappa shape index (κ3) is 7.80. The van der Waals surface area contributed by atoms with Gasteiger partial charge in [0.15, 0.2) is 0 Å². The van der Waals surface area contributed by atoms with Gasteiger partial charge in [-0.15, -0.1) is 0 Å². The molecule has 7 nitrogen and oxygen atoms in total. The van der Waals surface area contributed by atoms with Gasteiger partial charge in [0, 0.05) is 19.0 Å². The fourth-order valence-electron chi connectivity index (χ4n) is 3.04. The molecule has 0 aliphatic carbocycles. The number of nitrogens with zero attached hydrogens (tertiary/aromatic N) is 1. The molecule has 1 fully saturated rings. The molecule has 1 aliphatic rings. The largest absolute Gasteiger partial charge is 0.480 e. The van der Waals surface area contributed by atoms with E-state index in [-0.39, 0.29) is 25.3 Å². The fourth-order valence-corrected chi connectivity index (χ4v) is 3.04. The highest BCUT2D eigenvalue weighted by Crippen LogP contribution is 2.20. The molecule has 0 bridgehead atoms. The summed E-state index contributed by atoms with van der Waals surface area (Å²) in [4.78, 5) is 24.1. The van der Waals surface area contributed by atoms with Crippen LogP contribution in [0, 0.1) is 0 Å². The first kappa shape index (κ1) is 20.9. The molecule has 1 heterocycles. The Morgan fingerprint density at radius 2 is 2.11 bits per heavy atom. The van der Waals surface area contributed by atoms with Gasteiger partial charge in [0.1, 0.15) is 6.61 Å². The molecule has 1 saturated heterocycles. The first-order valence-electron chi connectivity index (χ1n) is 9.16. The summed E-state index contributed by atoms with van der Waals surface area (Å²) in [6, 6.07) is 9.85. The van der Waals surface area contributed by atoms with Crippen molar-refractivity contribution in [2.45, 2.75) is 37.8 Å². The van der Waals surface area contributed by atoms with E-state index >= 15 is 0 Å². The molecule has 148 valence electrons. The maximum atomic E-state index is 12.0. The monoisotopic (exact) mass is 377 g/mol. The van der Waals surface area contributed by atoms with Gasteiger partial charge in [0.2, 0.25) is 0 Å². The van der Waals surface area contributed by atoms with Crippen LogP contribution in [0.15, 0.2) is 42.5 Å². The first-order valence-corrected chi connectivity index (χ1v) is 9.16. The summed E-state index contributed by atoms with van der Waals surface area (Å²) in [5.74, 6) is -1.02. The topological polar surface area (TPSA) is 96.3 Å². The highest BCUT2D eigenvalue weighted by Gasteiger charge is 2.28. The van der Waals surface area contributed by atoms with Crippen molar-refractivity contribution in [2.24, 2.45) is 0 Å². The molecule has 1 aromatic carbocycles. The summed E-state index contributed by atoms with van der Waals surface area (Å²) in [6.45, 7) is 0.586. The highest BCUT2D eigenvalue weighted by molar-refractivity contribution is 5.69. The smallest absolute Gasteiger partial charge is 0.410 e. The van der Waals surface area contributed by atoms with Crippen LogP contribution in [0.2, 0.25) is 0 Å². The minimum absolute atomic E-state index is 0.0151. The van der Waals surface area contributed by atoms with Gasteiger partial charge < -0.3 is 24.6 Å². The summed E-state index contributed by atoms with van der Waals surface area (Å²) in [5.41, 5.74) is 1.09. The molecule has 2 N–H and O–H groups in total. The standard InChI is InChI=1S/C20H27NO6/c22-18(14-16-6-2-1-3-7-16)9-8-17-10-13-27-20(25)21(17)11-4-5-12-26-15-19(23)24/h1-7,17-18,22H,8-15H2,(H,23,24)/t17-,18?/m0/s1. The van der Waals surface area contributed by atoms with Crippen molar-refractivity contribution in [3.05, 3.63) is 48.0 Å². The van der Waals surface area contributed by atoms with E-state index < -0.39 is 12.1 Å². The molecular formula is C20H27NO6. The van der Waals surface area contributed by atoms with Crippen LogP contribution in [0.5, 0.6) is 0 Å². The third-order valence-corrected chi connectivity index (χ3v) is 4.41. The lowest BCUT2D eigenvalue weighted by molar-refractivity contribution is -0.141. The zero-order valence-electron chi connectivity index (χ0n) is 15.3. The SMILES string of the molecule is O=C(O)COCC=CCN1C(=O)OCC[C@@H]1CCC(O)Cc1ccccc1. The number of aliphatic hydroxyl groups is 1. The number of carbonyl (C=O) groups is 2. The molecule has 1 aliphatic heterocycles. The molecule has 2 rings (SSSR count). The molecule has 0 spiro atoms. The second-order valence-electron chi connectivity index (χ2n) is 6.51. The van der Waals surface area contributed by atoms with Crippen LogP contribution >= 0.6 is 0 Å². The molecule has 2 atom stereocenters. The van der Waals surface area contributed by atoms with Crippen LogP contribution in [0.1, 0.15) is 24.8 Å². The summed E-state index contributed by atoms with van der Waals surface area (Å²) in [6.07, 6.45) is 5.27. The van der Waals surface area contributed by atoms with Gasteiger partial charge in [-0.05, 0) is 24.8 Å². The molecule has 27 heavy (non-hydrogen) atoms. The number of carboxylic acid groups (broad SMARTS) is 1. The van der Waals surface area contributed by atoms with Crippen LogP contribution in [0.4, 0.5) is 4.79 Å². The van der Waals surface area contributed by atoms with Crippen LogP contribution in [-0.4, -0.2) is 65.7 Å². The van der Waals surface area contributed by atoms with E-state index in [2.05, 4.69) is 0 Å². The van der Waals surface area contributed by atoms with Crippen LogP contribution in [0.3, 0.4) is 0 Å². The lowest BCUT2D eigenvalue weighted by atomic mass is 9.99. The van der Waals surface area contributed by atoms with E-state index in [1.165, 1.54) is 0 Å². The van der Waals surface area contributed by atoms with Crippen LogP contribution < -0.4 is 0 Å². The molecule has 1 amide bonds. The molecule has 0 radical (unpaired) electrons. The van der Waals surface area contributed by atoms with Gasteiger partial charge in [-0.1, -0.05) is 42.5 Å². The van der Waals surface area contributed by atoms with Gasteiger partial charge >= 0.3 is 12.1 Å². The molecule has 1 unspecified atom stereocenters. The van der Waals surface area contributed by atoms with Crippen molar-refractivity contribution in [1.29, 1.82) is 0 Å². The quantitative estimate of drug-likeness (QED) is 0.453. The number of carboxylic acids is 1. The predicted octanol–water partition coefficient (Wildman–Crippen LogP) is 2.24. The molecule has 1 aromatic rings. The van der Waals surface area contributed by atoms with Gasteiger partial charge in [0.25, 0.3) is 0 Å². The molecular weight excluding hydrogens is 350 g/mol. The average molecular weight is 377 g/mol. The Morgan fingerprint density at radius 1 is 1.33 bits per heavy atom. The van der Waals surface area contributed by atoms with Crippen LogP contribution in [0.25, 0.3) is 0 Å². The third-order valence-electron chi connectivity index (χ3n) is 4.41. The predicted molar refractivity (Wildman–Crippen MR) is 99.4 cm³/mol. The zero-order valence-corrected chi connectivity index (χ0v) is 15.3. The summed E-state index contributed by atoms with van der Waals surface area (Å²) < 4.78 is 10.0. The normalized spacial score (nSPS) is 18.5. The maximum Gasteiger partial charge on any atom is 0.410 e. The first-order chi connectivity index (χ1) is 13.1. The van der Waals surface area contributed by atoms with E-state index in [9.17, 15) is 14.7 Å². The second kappa shape index (κ2) is 11.4. The van der Waals surface area contributed by atoms with Crippen molar-refractivity contribution in [1.82, 2.24) is 4.90 Å². The minimum Gasteiger partial charge on any atom is -0.480 e. The number of amides is 1. The maximum absolute atomic E-state index is 12.0. The molecule has 7 heteroatoms. The number of rotatable bonds is 11. The number of hydrogen-bond donors (Lipinski definition) is 2. The van der Waals surface area contributed by atoms with Crippen molar-refractivity contribution in [2.75, 3.05) is 26.4 Å². The Labute approximate surface area is 159 Å². The fraction of sp³-hybridized carbons (Fsp3) is 0.500. The highest BCUT2D eigenvalue weighted by atomic mass is 16.6. The Balaban J connectivity index is 1.77. The number of ether oxygens (including phenoxy) is 2. The number of carbonyl (C=O) groups excluding carboxylic acids is 1. The van der Waals surface area contributed by atoms with Crippen molar-refractivity contribution < 1.29 is 29.3 Å². The molecule has 0 saturated carbocycles. The van der Waals surface area contributed by atoms with Gasteiger partial charge in [-0.2, -0.15) is 0 Å². The minimum atomic E-state index is -1.02. The lowest BCUT2D eigenvalue weighted by Gasteiger charge is -2.34. The number of aliphatic hydroxyl groups excluding tert-OH is 1. The molecule has 0 aromatic heterocycles. The summed E-state index contributed by atoms with van der Waals surface area (Å²) in [5, 5.41) is 18.8. The number of aliphatic carboxylic acids is 1. The van der Waals surface area contributed by atoms with Gasteiger partial charge in [-0.25, -0.2) is 9.59 Å². The Hall–Kier alpha value is -2.38. The average Bonchev–Trinajstić information content (AvgIpc) is 2.65. The Kier molecular flexibility index (Phi) is 8.80. The second-order valence-corrected chi connectivity index (χ2v) is 6.51. The Morgan fingerprint density at radius 3 is 2.85 bits per heavy atom. The number of cyclic esters (lactones) is 1. The number of hydrogen-bond acceptors (Lipinski definition) is 5.